The summed E-state index contributed by atoms with van der Waals surface area (Å²) < 4.78 is 28.8. The van der Waals surface area contributed by atoms with Gasteiger partial charge in [-0.15, -0.1) is 0 Å². The lowest BCUT2D eigenvalue weighted by Gasteiger charge is -2.36. The largest absolute Gasteiger partial charge is 0.378 e. The summed E-state index contributed by atoms with van der Waals surface area (Å²) in [6.45, 7) is 1.58. The maximum atomic E-state index is 13.1. The lowest BCUT2D eigenvalue weighted by atomic mass is 9.96. The topological polar surface area (TPSA) is 95.8 Å². The number of anilines is 1. The van der Waals surface area contributed by atoms with Gasteiger partial charge in [0, 0.05) is 51.5 Å². The summed E-state index contributed by atoms with van der Waals surface area (Å²) in [7, 11) is -0.152. The first-order valence-corrected chi connectivity index (χ1v) is 12.6. The molecule has 0 bridgehead atoms. The van der Waals surface area contributed by atoms with Crippen molar-refractivity contribution in [2.75, 3.05) is 32.1 Å². The molecule has 0 saturated carbocycles. The number of nitrogens with zero attached hydrogens (tertiary/aromatic N) is 3. The molecule has 9 heteroatoms. The van der Waals surface area contributed by atoms with Crippen LogP contribution in [-0.2, 0) is 23.0 Å². The van der Waals surface area contributed by atoms with E-state index < -0.39 is 20.6 Å². The van der Waals surface area contributed by atoms with Crippen molar-refractivity contribution < 1.29 is 13.3 Å². The Balaban J connectivity index is 1.63. The van der Waals surface area contributed by atoms with Gasteiger partial charge < -0.3 is 4.90 Å². The van der Waals surface area contributed by atoms with Gasteiger partial charge in [0.05, 0.1) is 4.92 Å². The van der Waals surface area contributed by atoms with E-state index in [0.29, 0.717) is 6.54 Å². The predicted octanol–water partition coefficient (Wildman–Crippen LogP) is 3.74. The molecular weight excluding hydrogens is 452 g/mol. The van der Waals surface area contributed by atoms with E-state index >= 15 is 0 Å². The number of hydrogen-bond donors (Lipinski definition) is 1. The number of hydrogen-bond acceptors (Lipinski definition) is 6. The minimum Gasteiger partial charge on any atom is -0.378 e. The number of para-hydroxylation sites is 1. The third-order valence-corrected chi connectivity index (χ3v) is 7.68. The number of sulfonamides is 1. The molecule has 1 unspecified atom stereocenters. The summed E-state index contributed by atoms with van der Waals surface area (Å²) in [5.41, 5.74) is 4.13. The molecular formula is C25H28N4O4S. The van der Waals surface area contributed by atoms with Crippen LogP contribution in [0.3, 0.4) is 0 Å². The van der Waals surface area contributed by atoms with Gasteiger partial charge in [-0.05, 0) is 41.3 Å². The molecule has 1 N–H and O–H groups in total. The monoisotopic (exact) mass is 480 g/mol. The molecule has 8 nitrogen and oxygen atoms in total. The Morgan fingerprint density at radius 1 is 1.00 bits per heavy atom. The Bertz CT molecular complexity index is 1280. The van der Waals surface area contributed by atoms with Crippen LogP contribution in [0.1, 0.15) is 22.7 Å². The van der Waals surface area contributed by atoms with Gasteiger partial charge >= 0.3 is 0 Å². The molecule has 178 valence electrons. The zero-order valence-electron chi connectivity index (χ0n) is 19.2. The average molecular weight is 481 g/mol. The Morgan fingerprint density at radius 2 is 1.65 bits per heavy atom. The van der Waals surface area contributed by atoms with Gasteiger partial charge in [0.1, 0.15) is 0 Å². The second kappa shape index (κ2) is 9.92. The van der Waals surface area contributed by atoms with Crippen LogP contribution in [0.5, 0.6) is 0 Å². The van der Waals surface area contributed by atoms with Crippen molar-refractivity contribution in [3.8, 4) is 0 Å². The molecule has 0 amide bonds. The van der Waals surface area contributed by atoms with Crippen molar-refractivity contribution in [1.82, 2.24) is 9.62 Å². The highest BCUT2D eigenvalue weighted by Crippen LogP contribution is 2.30. The first-order valence-electron chi connectivity index (χ1n) is 11.1. The molecule has 0 aliphatic carbocycles. The summed E-state index contributed by atoms with van der Waals surface area (Å²) in [5.74, 6) is 0. The van der Waals surface area contributed by atoms with Gasteiger partial charge in [0.15, 0.2) is 4.90 Å². The van der Waals surface area contributed by atoms with Gasteiger partial charge in [0.2, 0.25) is 10.0 Å². The number of fused-ring (bicyclic) bond motifs is 1. The molecule has 0 radical (unpaired) electrons. The first-order chi connectivity index (χ1) is 16.3. The van der Waals surface area contributed by atoms with Crippen LogP contribution in [0.15, 0.2) is 77.7 Å². The van der Waals surface area contributed by atoms with Crippen LogP contribution in [0, 0.1) is 10.1 Å². The van der Waals surface area contributed by atoms with Gasteiger partial charge in [-0.25, -0.2) is 13.1 Å². The number of nitro groups is 1. The maximum absolute atomic E-state index is 13.1. The fraction of sp³-hybridized carbons (Fsp3) is 0.280. The molecule has 0 fully saturated rings. The molecule has 0 spiro atoms. The number of rotatable bonds is 8. The minimum atomic E-state index is -4.09. The first kappa shape index (κ1) is 23.9. The van der Waals surface area contributed by atoms with E-state index in [4.69, 9.17) is 0 Å². The Kier molecular flexibility index (Phi) is 6.97. The van der Waals surface area contributed by atoms with Crippen LogP contribution >= 0.6 is 0 Å². The van der Waals surface area contributed by atoms with Crippen LogP contribution in [0.2, 0.25) is 0 Å². The highest BCUT2D eigenvalue weighted by atomic mass is 32.2. The van der Waals surface area contributed by atoms with E-state index in [9.17, 15) is 18.5 Å². The fourth-order valence-corrected chi connectivity index (χ4v) is 5.55. The molecule has 4 rings (SSSR count). The molecule has 0 saturated heterocycles. The molecule has 34 heavy (non-hydrogen) atoms. The Labute approximate surface area is 200 Å². The highest BCUT2D eigenvalue weighted by molar-refractivity contribution is 7.89. The van der Waals surface area contributed by atoms with Gasteiger partial charge in [-0.3, -0.25) is 15.0 Å². The van der Waals surface area contributed by atoms with Crippen LogP contribution in [0.25, 0.3) is 0 Å². The van der Waals surface area contributed by atoms with E-state index in [0.717, 1.165) is 24.2 Å². The third-order valence-electron chi connectivity index (χ3n) is 6.21. The second-order valence-corrected chi connectivity index (χ2v) is 10.3. The summed E-state index contributed by atoms with van der Waals surface area (Å²) in [6, 6.07) is 21.5. The Morgan fingerprint density at radius 3 is 2.32 bits per heavy atom. The van der Waals surface area contributed by atoms with E-state index in [1.165, 1.54) is 35.4 Å². The number of nitro benzene ring substituents is 1. The summed E-state index contributed by atoms with van der Waals surface area (Å²) >= 11 is 0. The zero-order valence-corrected chi connectivity index (χ0v) is 20.0. The van der Waals surface area contributed by atoms with Crippen LogP contribution in [-0.4, -0.2) is 45.4 Å². The van der Waals surface area contributed by atoms with Crippen molar-refractivity contribution in [3.05, 3.63) is 99.6 Å². The van der Waals surface area contributed by atoms with Gasteiger partial charge in [-0.1, -0.05) is 48.5 Å². The quantitative estimate of drug-likeness (QED) is 0.390. The molecule has 0 aromatic heterocycles. The van der Waals surface area contributed by atoms with E-state index in [1.54, 1.807) is 0 Å². The number of benzene rings is 3. The van der Waals surface area contributed by atoms with E-state index in [2.05, 4.69) is 21.8 Å². The predicted molar refractivity (Wildman–Crippen MR) is 132 cm³/mol. The van der Waals surface area contributed by atoms with Crippen LogP contribution < -0.4 is 9.62 Å². The Hall–Kier alpha value is -3.27. The van der Waals surface area contributed by atoms with Crippen molar-refractivity contribution in [1.29, 1.82) is 0 Å². The molecule has 3 aromatic rings. The van der Waals surface area contributed by atoms with Gasteiger partial charge in [0.25, 0.3) is 5.69 Å². The van der Waals surface area contributed by atoms with E-state index in [-0.39, 0.29) is 17.5 Å². The molecule has 1 heterocycles. The van der Waals surface area contributed by atoms with E-state index in [1.807, 2.05) is 55.4 Å². The van der Waals surface area contributed by atoms with Crippen molar-refractivity contribution in [3.63, 3.8) is 0 Å². The molecule has 1 atom stereocenters. The highest BCUT2D eigenvalue weighted by Gasteiger charge is 2.29. The lowest BCUT2D eigenvalue weighted by molar-refractivity contribution is -0.387. The fourth-order valence-electron chi connectivity index (χ4n) is 4.34. The summed E-state index contributed by atoms with van der Waals surface area (Å²) in [5, 5.41) is 11.4. The van der Waals surface area contributed by atoms with Crippen LogP contribution in [0.4, 0.5) is 11.4 Å². The SMILES string of the molecule is CN(C)c1ccc(C(CNS(=O)(=O)c2ccccc2[N+](=O)[O-])N2CCc3ccccc3C2)cc1. The molecule has 3 aromatic carbocycles. The van der Waals surface area contributed by atoms with Crippen molar-refractivity contribution >= 4 is 21.4 Å². The lowest BCUT2D eigenvalue weighted by Crippen LogP contribution is -2.40. The normalized spacial score (nSPS) is 14.9. The number of nitrogens with one attached hydrogen (secondary N) is 1. The van der Waals surface area contributed by atoms with Crippen molar-refractivity contribution in [2.24, 2.45) is 0 Å². The smallest absolute Gasteiger partial charge is 0.289 e. The third kappa shape index (κ3) is 5.11. The van der Waals surface area contributed by atoms with Gasteiger partial charge in [-0.2, -0.15) is 0 Å². The summed E-state index contributed by atoms with van der Waals surface area (Å²) in [4.78, 5) is 14.6. The minimum absolute atomic E-state index is 0.0951. The molecule has 1 aliphatic heterocycles. The standard InChI is InChI=1S/C25H28N4O4S/c1-27(2)22-13-11-20(12-14-22)24(28-16-15-19-7-3-4-8-21(19)18-28)17-26-34(32,33)25-10-6-5-9-23(25)29(30)31/h3-14,24,26H,15-18H2,1-2H3. The summed E-state index contributed by atoms with van der Waals surface area (Å²) in [6.07, 6.45) is 0.874. The molecule has 1 aliphatic rings. The second-order valence-electron chi connectivity index (χ2n) is 8.57. The maximum Gasteiger partial charge on any atom is 0.289 e. The van der Waals surface area contributed by atoms with Crippen molar-refractivity contribution in [2.45, 2.75) is 23.9 Å². The average Bonchev–Trinajstić information content (AvgIpc) is 2.84. The zero-order chi connectivity index (χ0) is 24.3.